The first-order valence-corrected chi connectivity index (χ1v) is 7.44. The molecule has 23 heavy (non-hydrogen) atoms. The Hall–Kier alpha value is -2.88. The Kier molecular flexibility index (Phi) is 3.74. The number of phenolic OH excluding ortho intramolecular Hbond substituents is 1. The summed E-state index contributed by atoms with van der Waals surface area (Å²) in [5.74, 6) is 0.151. The molecule has 4 heteroatoms. The summed E-state index contributed by atoms with van der Waals surface area (Å²) in [6, 6.07) is 13.1. The van der Waals surface area contributed by atoms with Gasteiger partial charge in [0.05, 0.1) is 17.0 Å². The number of rotatable bonds is 2. The Labute approximate surface area is 135 Å². The van der Waals surface area contributed by atoms with Crippen LogP contribution in [-0.2, 0) is 4.79 Å². The molecule has 0 spiro atoms. The highest BCUT2D eigenvalue weighted by Gasteiger charge is 2.28. The van der Waals surface area contributed by atoms with Crippen molar-refractivity contribution in [2.75, 3.05) is 5.01 Å². The average Bonchev–Trinajstić information content (AvgIpc) is 2.81. The van der Waals surface area contributed by atoms with Crippen LogP contribution >= 0.6 is 0 Å². The molecular formula is C19H18N2O2. The van der Waals surface area contributed by atoms with Gasteiger partial charge in [0.2, 0.25) is 0 Å². The van der Waals surface area contributed by atoms with Gasteiger partial charge in [0, 0.05) is 0 Å². The Balaban J connectivity index is 1.99. The zero-order valence-corrected chi connectivity index (χ0v) is 13.4. The number of nitrogens with zero attached hydrogens (tertiary/aromatic N) is 2. The maximum Gasteiger partial charge on any atom is 0.280 e. The SMILES string of the molecule is CC1=NN(c2ccccc2)C(=O)C1=Cc1cc(C)c(O)c(C)c1. The first-order valence-electron chi connectivity index (χ1n) is 7.44. The minimum atomic E-state index is -0.142. The zero-order chi connectivity index (χ0) is 16.6. The summed E-state index contributed by atoms with van der Waals surface area (Å²) >= 11 is 0. The number of phenols is 1. The van der Waals surface area contributed by atoms with Crippen LogP contribution in [-0.4, -0.2) is 16.7 Å². The minimum absolute atomic E-state index is 0.142. The molecule has 0 aliphatic carbocycles. The van der Waals surface area contributed by atoms with Gasteiger partial charge in [0.15, 0.2) is 0 Å². The highest BCUT2D eigenvalue weighted by atomic mass is 16.3. The number of amides is 1. The van der Waals surface area contributed by atoms with E-state index in [9.17, 15) is 9.90 Å². The van der Waals surface area contributed by atoms with E-state index in [1.807, 2.05) is 69.3 Å². The minimum Gasteiger partial charge on any atom is -0.507 e. The van der Waals surface area contributed by atoms with Crippen LogP contribution in [0, 0.1) is 13.8 Å². The topological polar surface area (TPSA) is 52.9 Å². The van der Waals surface area contributed by atoms with Crippen molar-refractivity contribution < 1.29 is 9.90 Å². The van der Waals surface area contributed by atoms with Crippen LogP contribution < -0.4 is 5.01 Å². The van der Waals surface area contributed by atoms with Crippen molar-refractivity contribution in [3.63, 3.8) is 0 Å². The fourth-order valence-electron chi connectivity index (χ4n) is 2.67. The maximum absolute atomic E-state index is 12.7. The fourth-order valence-corrected chi connectivity index (χ4v) is 2.67. The van der Waals surface area contributed by atoms with E-state index in [-0.39, 0.29) is 5.91 Å². The third-order valence-corrected chi connectivity index (χ3v) is 3.89. The van der Waals surface area contributed by atoms with E-state index in [1.54, 1.807) is 0 Å². The lowest BCUT2D eigenvalue weighted by Crippen LogP contribution is -2.21. The van der Waals surface area contributed by atoms with Crippen LogP contribution in [0.1, 0.15) is 23.6 Å². The number of anilines is 1. The van der Waals surface area contributed by atoms with Crippen LogP contribution in [0.5, 0.6) is 5.75 Å². The average molecular weight is 306 g/mol. The number of hydrazone groups is 1. The number of benzene rings is 2. The lowest BCUT2D eigenvalue weighted by molar-refractivity contribution is -0.114. The number of aryl methyl sites for hydroxylation is 2. The van der Waals surface area contributed by atoms with Crippen molar-refractivity contribution in [1.82, 2.24) is 0 Å². The lowest BCUT2D eigenvalue weighted by Gasteiger charge is -2.11. The first-order chi connectivity index (χ1) is 11.0. The Morgan fingerprint density at radius 3 is 2.26 bits per heavy atom. The molecule has 4 nitrogen and oxygen atoms in total. The summed E-state index contributed by atoms with van der Waals surface area (Å²) < 4.78 is 0. The van der Waals surface area contributed by atoms with Crippen molar-refractivity contribution in [2.45, 2.75) is 20.8 Å². The molecule has 0 saturated heterocycles. The molecule has 1 aliphatic rings. The number of hydrogen-bond acceptors (Lipinski definition) is 3. The van der Waals surface area contributed by atoms with Gasteiger partial charge >= 0.3 is 0 Å². The second-order valence-corrected chi connectivity index (χ2v) is 5.70. The highest BCUT2D eigenvalue weighted by molar-refractivity contribution is 6.32. The van der Waals surface area contributed by atoms with Gasteiger partial charge in [-0.25, -0.2) is 0 Å². The summed E-state index contributed by atoms with van der Waals surface area (Å²) in [6.45, 7) is 5.52. The quantitative estimate of drug-likeness (QED) is 0.858. The van der Waals surface area contributed by atoms with Crippen LogP contribution in [0.15, 0.2) is 53.1 Å². The predicted molar refractivity (Wildman–Crippen MR) is 92.6 cm³/mol. The highest BCUT2D eigenvalue weighted by Crippen LogP contribution is 2.27. The summed E-state index contributed by atoms with van der Waals surface area (Å²) in [5, 5.41) is 15.6. The van der Waals surface area contributed by atoms with Gasteiger partial charge in [-0.15, -0.1) is 0 Å². The largest absolute Gasteiger partial charge is 0.507 e. The Morgan fingerprint density at radius 1 is 1.04 bits per heavy atom. The lowest BCUT2D eigenvalue weighted by atomic mass is 10.0. The molecule has 116 valence electrons. The molecular weight excluding hydrogens is 288 g/mol. The molecule has 1 N–H and O–H groups in total. The first kappa shape index (κ1) is 15.0. The van der Waals surface area contributed by atoms with E-state index >= 15 is 0 Å². The third kappa shape index (κ3) is 2.75. The van der Waals surface area contributed by atoms with Gasteiger partial charge in [-0.2, -0.15) is 10.1 Å². The van der Waals surface area contributed by atoms with Crippen LogP contribution in [0.4, 0.5) is 5.69 Å². The van der Waals surface area contributed by atoms with Crippen LogP contribution in [0.3, 0.4) is 0 Å². The second-order valence-electron chi connectivity index (χ2n) is 5.70. The Morgan fingerprint density at radius 2 is 1.65 bits per heavy atom. The molecule has 0 unspecified atom stereocenters. The molecule has 0 atom stereocenters. The van der Waals surface area contributed by atoms with E-state index in [2.05, 4.69) is 5.10 Å². The summed E-state index contributed by atoms with van der Waals surface area (Å²) in [6.07, 6.45) is 1.82. The molecule has 0 saturated carbocycles. The van der Waals surface area contributed by atoms with Crippen LogP contribution in [0.25, 0.3) is 6.08 Å². The molecule has 2 aromatic carbocycles. The van der Waals surface area contributed by atoms with Gasteiger partial charge in [0.25, 0.3) is 5.91 Å². The normalized spacial score (nSPS) is 16.1. The summed E-state index contributed by atoms with van der Waals surface area (Å²) in [5.41, 5.74) is 4.46. The van der Waals surface area contributed by atoms with Crippen LogP contribution in [0.2, 0.25) is 0 Å². The molecule has 1 aliphatic heterocycles. The van der Waals surface area contributed by atoms with Crippen molar-refractivity contribution in [2.24, 2.45) is 5.10 Å². The number of para-hydroxylation sites is 1. The molecule has 0 radical (unpaired) electrons. The van der Waals surface area contributed by atoms with Gasteiger partial charge in [-0.1, -0.05) is 18.2 Å². The second kappa shape index (κ2) is 5.72. The van der Waals surface area contributed by atoms with E-state index < -0.39 is 0 Å². The molecule has 1 amide bonds. The number of carbonyl (C=O) groups excluding carboxylic acids is 1. The van der Waals surface area contributed by atoms with Gasteiger partial charge in [-0.05, 0) is 67.8 Å². The molecule has 3 rings (SSSR count). The van der Waals surface area contributed by atoms with Gasteiger partial charge in [-0.3, -0.25) is 4.79 Å². The van der Waals surface area contributed by atoms with Crippen molar-refractivity contribution in [3.05, 3.63) is 64.7 Å². The summed E-state index contributed by atoms with van der Waals surface area (Å²) in [7, 11) is 0. The van der Waals surface area contributed by atoms with E-state index in [4.69, 9.17) is 0 Å². The van der Waals surface area contributed by atoms with Crippen molar-refractivity contribution in [1.29, 1.82) is 0 Å². The number of carbonyl (C=O) groups is 1. The maximum atomic E-state index is 12.7. The van der Waals surface area contributed by atoms with Crippen molar-refractivity contribution >= 4 is 23.4 Å². The Bertz CT molecular complexity index is 813. The molecule has 2 aromatic rings. The monoisotopic (exact) mass is 306 g/mol. The van der Waals surface area contributed by atoms with E-state index in [0.29, 0.717) is 17.0 Å². The third-order valence-electron chi connectivity index (χ3n) is 3.89. The van der Waals surface area contributed by atoms with Gasteiger partial charge < -0.3 is 5.11 Å². The number of hydrogen-bond donors (Lipinski definition) is 1. The zero-order valence-electron chi connectivity index (χ0n) is 13.4. The molecule has 0 bridgehead atoms. The van der Waals surface area contributed by atoms with E-state index in [0.717, 1.165) is 22.4 Å². The van der Waals surface area contributed by atoms with Gasteiger partial charge in [0.1, 0.15) is 5.75 Å². The number of aromatic hydroxyl groups is 1. The standard InChI is InChI=1S/C19H18N2O2/c1-12-9-15(10-13(2)18(12)22)11-17-14(3)20-21(19(17)23)16-7-5-4-6-8-16/h4-11,22H,1-3H3. The fraction of sp³-hybridized carbons (Fsp3) is 0.158. The van der Waals surface area contributed by atoms with E-state index in [1.165, 1.54) is 5.01 Å². The smallest absolute Gasteiger partial charge is 0.280 e. The van der Waals surface area contributed by atoms with Crippen molar-refractivity contribution in [3.8, 4) is 5.75 Å². The molecule has 0 aromatic heterocycles. The summed E-state index contributed by atoms with van der Waals surface area (Å²) in [4.78, 5) is 12.7. The molecule has 0 fully saturated rings. The predicted octanol–water partition coefficient (Wildman–Crippen LogP) is 3.82. The molecule has 1 heterocycles.